The molecule has 8 atom stereocenters. The molecule has 0 N–H and O–H groups in total. The van der Waals surface area contributed by atoms with Crippen molar-refractivity contribution in [3.63, 3.8) is 0 Å². The fraction of sp³-hybridized carbons (Fsp3) is 0.863. The third kappa shape index (κ3) is 10.9. The summed E-state index contributed by atoms with van der Waals surface area (Å²) < 4.78 is 12.4. The minimum absolute atomic E-state index is 0.0541. The maximum atomic E-state index is 12.9. The number of furan rings is 1. The Labute approximate surface area is 334 Å². The predicted octanol–water partition coefficient (Wildman–Crippen LogP) is 15.4. The first kappa shape index (κ1) is 43.6. The molecule has 54 heavy (non-hydrogen) atoms. The minimum Gasteiger partial charge on any atom is -0.466 e. The van der Waals surface area contributed by atoms with Crippen LogP contribution >= 0.6 is 0 Å². The number of carbonyl (C=O) groups is 1. The van der Waals surface area contributed by atoms with E-state index in [2.05, 4.69) is 61.5 Å². The highest BCUT2D eigenvalue weighted by Crippen LogP contribution is 2.67. The standard InChI is InChI=1S/C51H86O3/c1-9-10-19-25-47-39(5)40(6)48(54-47)26-20-17-15-13-11-12-14-16-18-21-27-49(52)53-42-32-34-50(7)41(36-42)28-29-43-45-31-30-44(38(4)24-22-23-37(2)3)51(45,8)35-33-46(43)50/h28,37-38,42-46H,9-27,29-36H2,1-8H3. The highest BCUT2D eigenvalue weighted by atomic mass is 16.5. The third-order valence-corrected chi connectivity index (χ3v) is 16.2. The summed E-state index contributed by atoms with van der Waals surface area (Å²) in [5.41, 5.74) is 5.30. The van der Waals surface area contributed by atoms with E-state index in [0.29, 0.717) is 17.3 Å². The predicted molar refractivity (Wildman–Crippen MR) is 229 cm³/mol. The SMILES string of the molecule is CCCCCc1oc(CCCCCCCCCCCCC(=O)OC2CCC3(C)C(=CCC4C3CCC3(C)C(C(C)CCCC(C)C)CCC43)C2)c(C)c1C. The zero-order valence-electron chi connectivity index (χ0n) is 36.9. The van der Waals surface area contributed by atoms with E-state index < -0.39 is 0 Å². The number of fused-ring (bicyclic) bond motifs is 5. The summed E-state index contributed by atoms with van der Waals surface area (Å²) in [4.78, 5) is 12.9. The molecule has 0 spiro atoms. The van der Waals surface area contributed by atoms with E-state index in [0.717, 1.165) is 74.0 Å². The van der Waals surface area contributed by atoms with Gasteiger partial charge in [0.15, 0.2) is 0 Å². The van der Waals surface area contributed by atoms with Crippen LogP contribution in [0.25, 0.3) is 0 Å². The molecule has 4 aliphatic rings. The fourth-order valence-corrected chi connectivity index (χ4v) is 12.7. The number of unbranched alkanes of at least 4 members (excludes halogenated alkanes) is 11. The Morgan fingerprint density at radius 2 is 1.39 bits per heavy atom. The summed E-state index contributed by atoms with van der Waals surface area (Å²) in [5, 5.41) is 0. The first-order valence-electron chi connectivity index (χ1n) is 23.9. The molecule has 1 aromatic rings. The molecule has 3 saturated carbocycles. The molecule has 5 rings (SSSR count). The summed E-state index contributed by atoms with van der Waals surface area (Å²) >= 11 is 0. The van der Waals surface area contributed by atoms with Gasteiger partial charge in [0, 0.05) is 25.7 Å². The largest absolute Gasteiger partial charge is 0.466 e. The van der Waals surface area contributed by atoms with Crippen molar-refractivity contribution in [3.05, 3.63) is 34.3 Å². The second-order valence-corrected chi connectivity index (χ2v) is 20.3. The van der Waals surface area contributed by atoms with Gasteiger partial charge >= 0.3 is 5.97 Å². The van der Waals surface area contributed by atoms with Crippen LogP contribution in [-0.2, 0) is 22.4 Å². The van der Waals surface area contributed by atoms with Gasteiger partial charge in [0.05, 0.1) is 0 Å². The van der Waals surface area contributed by atoms with Gasteiger partial charge in [-0.15, -0.1) is 0 Å². The van der Waals surface area contributed by atoms with Gasteiger partial charge in [-0.3, -0.25) is 4.79 Å². The lowest BCUT2D eigenvalue weighted by Gasteiger charge is -2.58. The van der Waals surface area contributed by atoms with Crippen LogP contribution < -0.4 is 0 Å². The average Bonchev–Trinajstić information content (AvgIpc) is 3.63. The maximum Gasteiger partial charge on any atom is 0.306 e. The molecule has 1 heterocycles. The lowest BCUT2D eigenvalue weighted by Crippen LogP contribution is -2.51. The molecule has 4 aliphatic carbocycles. The molecule has 0 aromatic carbocycles. The number of hydrogen-bond donors (Lipinski definition) is 0. The summed E-state index contributed by atoms with van der Waals surface area (Å²) in [6.45, 7) is 19.4. The Bertz CT molecular complexity index is 1320. The number of carbonyl (C=O) groups excluding carboxylic acids is 1. The van der Waals surface area contributed by atoms with Crippen LogP contribution in [0.3, 0.4) is 0 Å². The van der Waals surface area contributed by atoms with Crippen molar-refractivity contribution in [1.82, 2.24) is 0 Å². The van der Waals surface area contributed by atoms with Crippen LogP contribution in [0.4, 0.5) is 0 Å². The average molecular weight is 747 g/mol. The van der Waals surface area contributed by atoms with Crippen molar-refractivity contribution >= 4 is 5.97 Å². The molecule has 308 valence electrons. The number of hydrogen-bond acceptors (Lipinski definition) is 3. The normalized spacial score (nSPS) is 29.8. The van der Waals surface area contributed by atoms with Crippen molar-refractivity contribution in [2.45, 2.75) is 235 Å². The van der Waals surface area contributed by atoms with Crippen LogP contribution in [0.2, 0.25) is 0 Å². The molecule has 3 heteroatoms. The van der Waals surface area contributed by atoms with Crippen LogP contribution in [0.1, 0.15) is 225 Å². The number of allylic oxidation sites excluding steroid dienone is 1. The smallest absolute Gasteiger partial charge is 0.306 e. The van der Waals surface area contributed by atoms with Gasteiger partial charge in [-0.05, 0) is 136 Å². The van der Waals surface area contributed by atoms with Gasteiger partial charge in [0.2, 0.25) is 0 Å². The topological polar surface area (TPSA) is 39.4 Å². The molecule has 3 nitrogen and oxygen atoms in total. The van der Waals surface area contributed by atoms with E-state index in [1.54, 1.807) is 5.57 Å². The Balaban J connectivity index is 0.919. The van der Waals surface area contributed by atoms with Crippen molar-refractivity contribution in [2.75, 3.05) is 0 Å². The van der Waals surface area contributed by atoms with Crippen molar-refractivity contribution < 1.29 is 13.9 Å². The summed E-state index contributed by atoms with van der Waals surface area (Å²) in [7, 11) is 0. The first-order chi connectivity index (χ1) is 26.0. The molecule has 8 unspecified atom stereocenters. The molecule has 0 saturated heterocycles. The zero-order chi connectivity index (χ0) is 38.7. The maximum absolute atomic E-state index is 12.9. The van der Waals surface area contributed by atoms with E-state index in [1.165, 1.54) is 151 Å². The molecule has 0 bridgehead atoms. The lowest BCUT2D eigenvalue weighted by molar-refractivity contribution is -0.151. The summed E-state index contributed by atoms with van der Waals surface area (Å²) in [6, 6.07) is 0. The Kier molecular flexibility index (Phi) is 16.8. The van der Waals surface area contributed by atoms with E-state index in [1.807, 2.05) is 0 Å². The second-order valence-electron chi connectivity index (χ2n) is 20.3. The van der Waals surface area contributed by atoms with E-state index in [9.17, 15) is 4.79 Å². The van der Waals surface area contributed by atoms with Crippen molar-refractivity contribution in [2.24, 2.45) is 46.3 Å². The van der Waals surface area contributed by atoms with E-state index in [-0.39, 0.29) is 12.1 Å². The highest BCUT2D eigenvalue weighted by Gasteiger charge is 2.59. The van der Waals surface area contributed by atoms with Crippen molar-refractivity contribution in [1.29, 1.82) is 0 Å². The Hall–Kier alpha value is -1.51. The lowest BCUT2D eigenvalue weighted by atomic mass is 9.47. The molecule has 0 aliphatic heterocycles. The second kappa shape index (κ2) is 20.8. The third-order valence-electron chi connectivity index (χ3n) is 16.2. The molecule has 0 amide bonds. The molecular formula is C51H86O3. The number of esters is 1. The summed E-state index contributed by atoms with van der Waals surface area (Å²) in [5.74, 6) is 7.76. The summed E-state index contributed by atoms with van der Waals surface area (Å²) in [6.07, 6.45) is 36.5. The highest BCUT2D eigenvalue weighted by molar-refractivity contribution is 5.69. The van der Waals surface area contributed by atoms with E-state index in [4.69, 9.17) is 9.15 Å². The quantitative estimate of drug-likeness (QED) is 0.0636. The zero-order valence-corrected chi connectivity index (χ0v) is 36.9. The van der Waals surface area contributed by atoms with Gasteiger partial charge in [0.1, 0.15) is 17.6 Å². The Morgan fingerprint density at radius 1 is 0.759 bits per heavy atom. The van der Waals surface area contributed by atoms with Crippen LogP contribution in [0.15, 0.2) is 16.1 Å². The molecular weight excluding hydrogens is 661 g/mol. The Morgan fingerprint density at radius 3 is 2.04 bits per heavy atom. The van der Waals surface area contributed by atoms with E-state index >= 15 is 0 Å². The van der Waals surface area contributed by atoms with Gasteiger partial charge in [0.25, 0.3) is 0 Å². The van der Waals surface area contributed by atoms with Crippen molar-refractivity contribution in [3.8, 4) is 0 Å². The fourth-order valence-electron chi connectivity index (χ4n) is 12.7. The van der Waals surface area contributed by atoms with Gasteiger partial charge in [-0.2, -0.15) is 0 Å². The van der Waals surface area contributed by atoms with Crippen LogP contribution in [0.5, 0.6) is 0 Å². The number of ether oxygens (including phenoxy) is 1. The first-order valence-corrected chi connectivity index (χ1v) is 23.9. The van der Waals surface area contributed by atoms with Crippen LogP contribution in [0, 0.1) is 60.2 Å². The van der Waals surface area contributed by atoms with Gasteiger partial charge in [-0.25, -0.2) is 0 Å². The minimum atomic E-state index is 0.0541. The number of aryl methyl sites for hydroxylation is 2. The molecule has 1 aromatic heterocycles. The molecule has 3 fully saturated rings. The molecule has 0 radical (unpaired) electrons. The van der Waals surface area contributed by atoms with Gasteiger partial charge in [-0.1, -0.05) is 137 Å². The monoisotopic (exact) mass is 747 g/mol. The number of rotatable bonds is 23. The van der Waals surface area contributed by atoms with Crippen LogP contribution in [-0.4, -0.2) is 12.1 Å². The van der Waals surface area contributed by atoms with Gasteiger partial charge < -0.3 is 9.15 Å².